The van der Waals surface area contributed by atoms with Crippen molar-refractivity contribution in [2.24, 2.45) is 5.73 Å². The van der Waals surface area contributed by atoms with Gasteiger partial charge in [-0.05, 0) is 0 Å². The van der Waals surface area contributed by atoms with Gasteiger partial charge in [0.25, 0.3) is 0 Å². The van der Waals surface area contributed by atoms with Gasteiger partial charge in [-0.3, -0.25) is 0 Å². The Hall–Kier alpha value is -0.940. The van der Waals surface area contributed by atoms with Gasteiger partial charge in [0.1, 0.15) is 0 Å². The summed E-state index contributed by atoms with van der Waals surface area (Å²) in [5, 5.41) is 16.8. The van der Waals surface area contributed by atoms with Crippen molar-refractivity contribution in [1.82, 2.24) is 15.0 Å². The van der Waals surface area contributed by atoms with Crippen LogP contribution in [-0.4, -0.2) is 26.7 Å². The van der Waals surface area contributed by atoms with E-state index in [4.69, 9.17) is 10.8 Å². The lowest BCUT2D eigenvalue weighted by Crippen LogP contribution is -2.22. The molecule has 1 rings (SSSR count). The van der Waals surface area contributed by atoms with Gasteiger partial charge >= 0.3 is 0 Å². The van der Waals surface area contributed by atoms with Gasteiger partial charge < -0.3 is 10.8 Å². The fourth-order valence-electron chi connectivity index (χ4n) is 1.56. The Balaban J connectivity index is 3.13. The molecule has 0 saturated heterocycles. The van der Waals surface area contributed by atoms with E-state index in [1.54, 1.807) is 4.68 Å². The van der Waals surface area contributed by atoms with Crippen LogP contribution in [0.5, 0.6) is 0 Å². The SMILES string of the molecule is CC(C)(C)c1c(CN)nnn1CCO. The zero-order valence-electron chi connectivity index (χ0n) is 8.99. The number of aromatic nitrogens is 3. The summed E-state index contributed by atoms with van der Waals surface area (Å²) < 4.78 is 1.72. The summed E-state index contributed by atoms with van der Waals surface area (Å²) in [7, 11) is 0. The normalized spacial score (nSPS) is 12.1. The summed E-state index contributed by atoms with van der Waals surface area (Å²) in [6.07, 6.45) is 0. The second-order valence-corrected chi connectivity index (χ2v) is 4.29. The van der Waals surface area contributed by atoms with Crippen LogP contribution in [-0.2, 0) is 18.5 Å². The Morgan fingerprint density at radius 3 is 2.50 bits per heavy atom. The van der Waals surface area contributed by atoms with Crippen LogP contribution in [0, 0.1) is 0 Å². The van der Waals surface area contributed by atoms with Crippen LogP contribution >= 0.6 is 0 Å². The van der Waals surface area contributed by atoms with Crippen molar-refractivity contribution in [2.45, 2.75) is 39.3 Å². The minimum absolute atomic E-state index is 0.0482. The van der Waals surface area contributed by atoms with Crippen molar-refractivity contribution >= 4 is 0 Å². The van der Waals surface area contributed by atoms with Crippen molar-refractivity contribution in [3.63, 3.8) is 0 Å². The summed E-state index contributed by atoms with van der Waals surface area (Å²) in [5.74, 6) is 0. The third-order valence-corrected chi connectivity index (χ3v) is 2.02. The van der Waals surface area contributed by atoms with E-state index in [9.17, 15) is 0 Å². The second kappa shape index (κ2) is 4.06. The lowest BCUT2D eigenvalue weighted by molar-refractivity contribution is 0.262. The molecule has 0 amide bonds. The zero-order chi connectivity index (χ0) is 10.8. The van der Waals surface area contributed by atoms with Crippen molar-refractivity contribution < 1.29 is 5.11 Å². The second-order valence-electron chi connectivity index (χ2n) is 4.29. The first-order valence-electron chi connectivity index (χ1n) is 4.74. The summed E-state index contributed by atoms with van der Waals surface area (Å²) in [4.78, 5) is 0. The average Bonchev–Trinajstić information content (AvgIpc) is 2.47. The quantitative estimate of drug-likeness (QED) is 0.718. The molecule has 5 heteroatoms. The van der Waals surface area contributed by atoms with Gasteiger partial charge in [-0.2, -0.15) is 0 Å². The predicted molar refractivity (Wildman–Crippen MR) is 53.7 cm³/mol. The van der Waals surface area contributed by atoms with Crippen molar-refractivity contribution in [2.75, 3.05) is 6.61 Å². The number of nitrogens with two attached hydrogens (primary N) is 1. The zero-order valence-corrected chi connectivity index (χ0v) is 8.99. The highest BCUT2D eigenvalue weighted by molar-refractivity contribution is 5.18. The van der Waals surface area contributed by atoms with Crippen LogP contribution in [0.4, 0.5) is 0 Å². The van der Waals surface area contributed by atoms with Crippen molar-refractivity contribution in [3.05, 3.63) is 11.4 Å². The first-order chi connectivity index (χ1) is 6.50. The lowest BCUT2D eigenvalue weighted by atomic mass is 9.90. The molecule has 5 nitrogen and oxygen atoms in total. The average molecular weight is 198 g/mol. The van der Waals surface area contributed by atoms with E-state index in [1.165, 1.54) is 0 Å². The Labute approximate surface area is 83.9 Å². The van der Waals surface area contributed by atoms with Gasteiger partial charge in [0.15, 0.2) is 0 Å². The van der Waals surface area contributed by atoms with Crippen LogP contribution in [0.3, 0.4) is 0 Å². The van der Waals surface area contributed by atoms with E-state index in [1.807, 2.05) is 0 Å². The molecule has 0 saturated carbocycles. The maximum atomic E-state index is 8.87. The number of hydrogen-bond acceptors (Lipinski definition) is 4. The van der Waals surface area contributed by atoms with Crippen LogP contribution in [0.1, 0.15) is 32.2 Å². The molecule has 0 radical (unpaired) electrons. The highest BCUT2D eigenvalue weighted by Crippen LogP contribution is 2.24. The Bertz CT molecular complexity index is 300. The highest BCUT2D eigenvalue weighted by atomic mass is 16.3. The first kappa shape index (κ1) is 11.1. The molecule has 1 aromatic heterocycles. The van der Waals surface area contributed by atoms with Crippen LogP contribution in [0.2, 0.25) is 0 Å². The topological polar surface area (TPSA) is 77.0 Å². The molecule has 0 spiro atoms. The smallest absolute Gasteiger partial charge is 0.1000 e. The van der Waals surface area contributed by atoms with Gasteiger partial charge in [-0.25, -0.2) is 4.68 Å². The monoisotopic (exact) mass is 198 g/mol. The molecule has 0 aliphatic rings. The predicted octanol–water partition coefficient (Wildman–Crippen LogP) is 0.0266. The molecule has 3 N–H and O–H groups in total. The molecule has 0 atom stereocenters. The van der Waals surface area contributed by atoms with Gasteiger partial charge in [-0.1, -0.05) is 26.0 Å². The fraction of sp³-hybridized carbons (Fsp3) is 0.778. The minimum Gasteiger partial charge on any atom is -0.394 e. The van der Waals surface area contributed by atoms with E-state index in [-0.39, 0.29) is 12.0 Å². The highest BCUT2D eigenvalue weighted by Gasteiger charge is 2.24. The molecule has 1 aromatic rings. The van der Waals surface area contributed by atoms with E-state index >= 15 is 0 Å². The molecule has 0 aromatic carbocycles. The molecule has 0 aliphatic carbocycles. The van der Waals surface area contributed by atoms with Crippen molar-refractivity contribution in [1.29, 1.82) is 0 Å². The molecular weight excluding hydrogens is 180 g/mol. The van der Waals surface area contributed by atoms with E-state index in [0.29, 0.717) is 13.1 Å². The summed E-state index contributed by atoms with van der Waals surface area (Å²) in [6.45, 7) is 7.17. The molecule has 80 valence electrons. The maximum absolute atomic E-state index is 8.87. The van der Waals surface area contributed by atoms with Gasteiger partial charge in [0.05, 0.1) is 24.5 Å². The molecule has 0 fully saturated rings. The maximum Gasteiger partial charge on any atom is 0.1000 e. The Morgan fingerprint density at radius 2 is 2.07 bits per heavy atom. The minimum atomic E-state index is -0.0482. The summed E-state index contributed by atoms with van der Waals surface area (Å²) in [5.41, 5.74) is 7.35. The molecule has 0 unspecified atom stereocenters. The van der Waals surface area contributed by atoms with Gasteiger partial charge in [0, 0.05) is 12.0 Å². The fourth-order valence-corrected chi connectivity index (χ4v) is 1.56. The number of rotatable bonds is 3. The molecule has 0 aliphatic heterocycles. The van der Waals surface area contributed by atoms with E-state index < -0.39 is 0 Å². The number of nitrogens with zero attached hydrogens (tertiary/aromatic N) is 3. The summed E-state index contributed by atoms with van der Waals surface area (Å²) in [6, 6.07) is 0. The molecule has 0 bridgehead atoms. The van der Waals surface area contributed by atoms with Crippen LogP contribution in [0.15, 0.2) is 0 Å². The number of hydrogen-bond donors (Lipinski definition) is 2. The van der Waals surface area contributed by atoms with Gasteiger partial charge in [0.2, 0.25) is 0 Å². The van der Waals surface area contributed by atoms with E-state index in [0.717, 1.165) is 11.4 Å². The standard InChI is InChI=1S/C9H18N4O/c1-9(2,3)8-7(6-10)11-12-13(8)4-5-14/h14H,4-6,10H2,1-3H3. The third-order valence-electron chi connectivity index (χ3n) is 2.02. The van der Waals surface area contributed by atoms with Gasteiger partial charge in [-0.15, -0.1) is 5.10 Å². The van der Waals surface area contributed by atoms with Crippen molar-refractivity contribution in [3.8, 4) is 0 Å². The largest absolute Gasteiger partial charge is 0.394 e. The van der Waals surface area contributed by atoms with E-state index in [2.05, 4.69) is 31.1 Å². The van der Waals surface area contributed by atoms with Crippen LogP contribution < -0.4 is 5.73 Å². The Kier molecular flexibility index (Phi) is 3.23. The number of aliphatic hydroxyl groups is 1. The lowest BCUT2D eigenvalue weighted by Gasteiger charge is -2.20. The number of aliphatic hydroxyl groups excluding tert-OH is 1. The molecule has 14 heavy (non-hydrogen) atoms. The first-order valence-corrected chi connectivity index (χ1v) is 4.74. The molecule has 1 heterocycles. The molecular formula is C9H18N4O. The van der Waals surface area contributed by atoms with Crippen LogP contribution in [0.25, 0.3) is 0 Å². The summed E-state index contributed by atoms with van der Waals surface area (Å²) >= 11 is 0. The third kappa shape index (κ3) is 2.10. The Morgan fingerprint density at radius 1 is 1.43 bits per heavy atom.